The molecule has 6 N–H and O–H groups in total. The molecule has 2 aliphatic heterocycles. The first-order valence-electron chi connectivity index (χ1n) is 9.92. The zero-order chi connectivity index (χ0) is 22.2. The third-order valence-electron chi connectivity index (χ3n) is 3.82. The van der Waals surface area contributed by atoms with Crippen molar-refractivity contribution in [3.8, 4) is 0 Å². The minimum atomic E-state index is -0.874. The molecule has 0 aliphatic carbocycles. The van der Waals surface area contributed by atoms with E-state index in [1.165, 1.54) is 0 Å². The number of rotatable bonds is 4. The van der Waals surface area contributed by atoms with Gasteiger partial charge in [0.1, 0.15) is 36.6 Å². The van der Waals surface area contributed by atoms with Crippen LogP contribution in [0, 0.1) is 0 Å². The van der Waals surface area contributed by atoms with E-state index in [2.05, 4.69) is 0 Å². The molecule has 2 rings (SSSR count). The molecule has 1 unspecified atom stereocenters. The summed E-state index contributed by atoms with van der Waals surface area (Å²) >= 11 is 0. The maximum Gasteiger partial charge on any atom is 0.104 e. The Hall–Kier alpha value is -0.480. The van der Waals surface area contributed by atoms with Crippen LogP contribution in [0.4, 0.5) is 0 Å². The highest BCUT2D eigenvalue weighted by molar-refractivity contribution is 4.63. The van der Waals surface area contributed by atoms with Crippen molar-refractivity contribution in [2.75, 3.05) is 79.3 Å². The maximum absolute atomic E-state index is 9.32. The lowest BCUT2D eigenvalue weighted by Gasteiger charge is -2.23. The molecule has 180 valence electrons. The Balaban J connectivity index is 0.000000300. The van der Waals surface area contributed by atoms with Gasteiger partial charge in [0.2, 0.25) is 0 Å². The van der Waals surface area contributed by atoms with Gasteiger partial charge in [0.25, 0.3) is 0 Å². The molecule has 12 heteroatoms. The standard InChI is InChI=1S/2C9H18O6/c10-1-7(11)4-15-9-5-13-2-8(12)3-14-6-9;10-7-1-13-3-8(11)4-15-6-9(12)5-14-2-7/h2*7-12H,1-6H2. The summed E-state index contributed by atoms with van der Waals surface area (Å²) in [5.74, 6) is 0. The van der Waals surface area contributed by atoms with Gasteiger partial charge >= 0.3 is 0 Å². The van der Waals surface area contributed by atoms with Crippen LogP contribution in [-0.4, -0.2) is 147 Å². The summed E-state index contributed by atoms with van der Waals surface area (Å²) < 4.78 is 30.7. The first-order chi connectivity index (χ1) is 14.4. The van der Waals surface area contributed by atoms with Gasteiger partial charge in [0.05, 0.1) is 79.3 Å². The van der Waals surface area contributed by atoms with Crippen molar-refractivity contribution in [3.63, 3.8) is 0 Å². The second-order valence-corrected chi connectivity index (χ2v) is 7.09. The van der Waals surface area contributed by atoms with Gasteiger partial charge in [-0.05, 0) is 0 Å². The molecule has 0 aromatic rings. The summed E-state index contributed by atoms with van der Waals surface area (Å²) in [4.78, 5) is 0. The molecule has 30 heavy (non-hydrogen) atoms. The number of aliphatic hydroxyl groups excluding tert-OH is 6. The lowest BCUT2D eigenvalue weighted by molar-refractivity contribution is -0.126. The van der Waals surface area contributed by atoms with Crippen LogP contribution in [-0.2, 0) is 28.4 Å². The van der Waals surface area contributed by atoms with Crippen LogP contribution in [0.3, 0.4) is 0 Å². The summed E-state index contributed by atoms with van der Waals surface area (Å²) in [6.07, 6.45) is -3.92. The summed E-state index contributed by atoms with van der Waals surface area (Å²) in [6.45, 7) is 1.43. The molecule has 2 heterocycles. The molecule has 2 aliphatic rings. The van der Waals surface area contributed by atoms with Gasteiger partial charge in [0, 0.05) is 0 Å². The Kier molecular flexibility index (Phi) is 15.7. The summed E-state index contributed by atoms with van der Waals surface area (Å²) in [7, 11) is 0. The van der Waals surface area contributed by atoms with Crippen molar-refractivity contribution in [2.45, 2.75) is 36.6 Å². The Labute approximate surface area is 175 Å². The van der Waals surface area contributed by atoms with Crippen molar-refractivity contribution in [1.82, 2.24) is 0 Å². The molecular formula is C18H36O12. The largest absolute Gasteiger partial charge is 0.394 e. The maximum atomic E-state index is 9.32. The summed E-state index contributed by atoms with van der Waals surface area (Å²) in [6, 6.07) is 0. The molecule has 0 bridgehead atoms. The van der Waals surface area contributed by atoms with Crippen LogP contribution in [0.2, 0.25) is 0 Å². The zero-order valence-electron chi connectivity index (χ0n) is 17.1. The Bertz CT molecular complexity index is 351. The molecule has 0 saturated carbocycles. The van der Waals surface area contributed by atoms with Crippen LogP contribution in [0.25, 0.3) is 0 Å². The van der Waals surface area contributed by atoms with Crippen LogP contribution in [0.15, 0.2) is 0 Å². The lowest BCUT2D eigenvalue weighted by atomic mass is 10.3. The van der Waals surface area contributed by atoms with Gasteiger partial charge in [0.15, 0.2) is 0 Å². The Morgan fingerprint density at radius 1 is 0.600 bits per heavy atom. The Morgan fingerprint density at radius 3 is 1.20 bits per heavy atom. The van der Waals surface area contributed by atoms with Gasteiger partial charge in [-0.3, -0.25) is 0 Å². The van der Waals surface area contributed by atoms with Gasteiger partial charge in [-0.25, -0.2) is 0 Å². The van der Waals surface area contributed by atoms with E-state index in [4.69, 9.17) is 38.6 Å². The van der Waals surface area contributed by atoms with E-state index in [1.807, 2.05) is 0 Å². The molecule has 0 amide bonds. The minimum absolute atomic E-state index is 0.0520. The molecule has 0 spiro atoms. The number of ether oxygens (including phenoxy) is 6. The van der Waals surface area contributed by atoms with Crippen molar-refractivity contribution in [1.29, 1.82) is 0 Å². The first kappa shape index (κ1) is 27.6. The van der Waals surface area contributed by atoms with E-state index in [-0.39, 0.29) is 72.2 Å². The Morgan fingerprint density at radius 2 is 0.900 bits per heavy atom. The van der Waals surface area contributed by atoms with E-state index in [0.29, 0.717) is 13.2 Å². The van der Waals surface area contributed by atoms with Gasteiger partial charge < -0.3 is 59.1 Å². The fourth-order valence-corrected chi connectivity index (χ4v) is 2.33. The monoisotopic (exact) mass is 444 g/mol. The third-order valence-corrected chi connectivity index (χ3v) is 3.82. The van der Waals surface area contributed by atoms with E-state index >= 15 is 0 Å². The third kappa shape index (κ3) is 14.5. The minimum Gasteiger partial charge on any atom is -0.394 e. The molecular weight excluding hydrogens is 408 g/mol. The fraction of sp³-hybridized carbons (Fsp3) is 1.00. The van der Waals surface area contributed by atoms with Crippen molar-refractivity contribution in [2.24, 2.45) is 0 Å². The molecule has 2 fully saturated rings. The summed E-state index contributed by atoms with van der Waals surface area (Å²) in [5.41, 5.74) is 0. The molecule has 1 atom stereocenters. The topological polar surface area (TPSA) is 177 Å². The molecule has 0 aromatic heterocycles. The van der Waals surface area contributed by atoms with Crippen LogP contribution >= 0.6 is 0 Å². The highest BCUT2D eigenvalue weighted by atomic mass is 16.6. The average Bonchev–Trinajstić information content (AvgIpc) is 2.69. The molecule has 0 aromatic carbocycles. The quantitative estimate of drug-likeness (QED) is 0.250. The van der Waals surface area contributed by atoms with Crippen molar-refractivity contribution < 1.29 is 59.1 Å². The van der Waals surface area contributed by atoms with Crippen molar-refractivity contribution >= 4 is 0 Å². The van der Waals surface area contributed by atoms with Gasteiger partial charge in [-0.2, -0.15) is 0 Å². The van der Waals surface area contributed by atoms with E-state index in [0.717, 1.165) is 0 Å². The molecule has 2 saturated heterocycles. The predicted molar refractivity (Wildman–Crippen MR) is 101 cm³/mol. The predicted octanol–water partition coefficient (Wildman–Crippen LogP) is -3.73. The van der Waals surface area contributed by atoms with Crippen LogP contribution in [0.5, 0.6) is 0 Å². The number of aliphatic hydroxyl groups is 6. The second kappa shape index (κ2) is 17.1. The number of hydrogen-bond donors (Lipinski definition) is 6. The van der Waals surface area contributed by atoms with Crippen LogP contribution < -0.4 is 0 Å². The second-order valence-electron chi connectivity index (χ2n) is 7.09. The fourth-order valence-electron chi connectivity index (χ4n) is 2.33. The van der Waals surface area contributed by atoms with E-state index < -0.39 is 30.5 Å². The van der Waals surface area contributed by atoms with Gasteiger partial charge in [-0.1, -0.05) is 0 Å². The highest BCUT2D eigenvalue weighted by Crippen LogP contribution is 2.02. The summed E-state index contributed by atoms with van der Waals surface area (Å²) in [5, 5.41) is 54.8. The smallest absolute Gasteiger partial charge is 0.104 e. The average molecular weight is 444 g/mol. The van der Waals surface area contributed by atoms with E-state index in [9.17, 15) is 20.4 Å². The van der Waals surface area contributed by atoms with Crippen molar-refractivity contribution in [3.05, 3.63) is 0 Å². The number of hydrogen-bond acceptors (Lipinski definition) is 12. The zero-order valence-corrected chi connectivity index (χ0v) is 17.1. The highest BCUT2D eigenvalue weighted by Gasteiger charge is 2.17. The van der Waals surface area contributed by atoms with E-state index in [1.54, 1.807) is 0 Å². The first-order valence-corrected chi connectivity index (χ1v) is 9.92. The van der Waals surface area contributed by atoms with Crippen LogP contribution in [0.1, 0.15) is 0 Å². The van der Waals surface area contributed by atoms with Gasteiger partial charge in [-0.15, -0.1) is 0 Å². The lowest BCUT2D eigenvalue weighted by Crippen LogP contribution is -2.36. The SMILES string of the molecule is OC1COCC(O)COCC(O)COC1.OCC(O)COC1COCC(O)COC1. The molecule has 0 radical (unpaired) electrons. The normalized spacial score (nSPS) is 33.6. The molecule has 12 nitrogen and oxygen atoms in total.